The van der Waals surface area contributed by atoms with Gasteiger partial charge in [-0.15, -0.1) is 0 Å². The predicted molar refractivity (Wildman–Crippen MR) is 92.4 cm³/mol. The molecule has 0 amide bonds. The summed E-state index contributed by atoms with van der Waals surface area (Å²) in [5.74, 6) is 0.918. The Kier molecular flexibility index (Phi) is 5.36. The number of aromatic nitrogens is 1. The Morgan fingerprint density at radius 1 is 1.29 bits per heavy atom. The topological polar surface area (TPSA) is 48.4 Å². The van der Waals surface area contributed by atoms with Crippen LogP contribution in [0.2, 0.25) is 5.02 Å². The molecule has 0 spiro atoms. The molecule has 1 aromatic carbocycles. The number of nitrogens with zero attached hydrogens (tertiary/aromatic N) is 1. The van der Waals surface area contributed by atoms with E-state index >= 15 is 0 Å². The zero-order valence-corrected chi connectivity index (χ0v) is 14.3. The highest BCUT2D eigenvalue weighted by molar-refractivity contribution is 6.31. The monoisotopic (exact) mass is 345 g/mol. The lowest BCUT2D eigenvalue weighted by molar-refractivity contribution is -0.153. The molecule has 3 rings (SSSR count). The molecule has 2 aromatic rings. The second-order valence-corrected chi connectivity index (χ2v) is 6.44. The standard InChI is InChI=1S/C19H20ClNO3/c1-23-16-8-13(11-21-12-16)6-7-19(22)24-15-9-14(10-15)17-4-2-3-5-18(17)20/h2-5,8,11-12,14-15H,6-7,9-10H2,1H3. The average Bonchev–Trinajstić information content (AvgIpc) is 2.57. The maximum absolute atomic E-state index is 12.0. The highest BCUT2D eigenvalue weighted by atomic mass is 35.5. The van der Waals surface area contributed by atoms with Gasteiger partial charge < -0.3 is 9.47 Å². The SMILES string of the molecule is COc1cncc(CCC(=O)OC2CC(c3ccccc3Cl)C2)c1. The van der Waals surface area contributed by atoms with Gasteiger partial charge in [0.15, 0.2) is 0 Å². The van der Waals surface area contributed by atoms with Crippen molar-refractivity contribution >= 4 is 17.6 Å². The first-order chi connectivity index (χ1) is 11.7. The fourth-order valence-electron chi connectivity index (χ4n) is 2.93. The van der Waals surface area contributed by atoms with Crippen LogP contribution in [0.1, 0.15) is 36.3 Å². The summed E-state index contributed by atoms with van der Waals surface area (Å²) in [6.45, 7) is 0. The van der Waals surface area contributed by atoms with Crippen LogP contribution >= 0.6 is 11.6 Å². The lowest BCUT2D eigenvalue weighted by Gasteiger charge is -2.35. The molecule has 0 unspecified atom stereocenters. The van der Waals surface area contributed by atoms with Crippen LogP contribution in [0, 0.1) is 0 Å². The summed E-state index contributed by atoms with van der Waals surface area (Å²) in [6, 6.07) is 9.74. The van der Waals surface area contributed by atoms with E-state index in [1.165, 1.54) is 0 Å². The average molecular weight is 346 g/mol. The van der Waals surface area contributed by atoms with Crippen molar-refractivity contribution in [3.05, 3.63) is 58.9 Å². The van der Waals surface area contributed by atoms with E-state index in [4.69, 9.17) is 21.1 Å². The molecule has 0 saturated heterocycles. The molecule has 5 heteroatoms. The number of hydrogen-bond acceptors (Lipinski definition) is 4. The second kappa shape index (κ2) is 7.67. The molecular weight excluding hydrogens is 326 g/mol. The predicted octanol–water partition coefficient (Wildman–Crippen LogP) is 4.17. The molecule has 24 heavy (non-hydrogen) atoms. The van der Waals surface area contributed by atoms with Crippen LogP contribution < -0.4 is 4.74 Å². The van der Waals surface area contributed by atoms with E-state index in [1.807, 2.05) is 30.3 Å². The minimum Gasteiger partial charge on any atom is -0.495 e. The third-order valence-electron chi connectivity index (χ3n) is 4.36. The molecule has 126 valence electrons. The van der Waals surface area contributed by atoms with Crippen molar-refractivity contribution in [3.63, 3.8) is 0 Å². The van der Waals surface area contributed by atoms with Crippen LogP contribution in [-0.4, -0.2) is 24.2 Å². The maximum atomic E-state index is 12.0. The van der Waals surface area contributed by atoms with E-state index in [0.717, 1.165) is 29.0 Å². The number of carbonyl (C=O) groups is 1. The molecule has 1 aliphatic rings. The molecule has 1 heterocycles. The third-order valence-corrected chi connectivity index (χ3v) is 4.71. The van der Waals surface area contributed by atoms with Gasteiger partial charge >= 0.3 is 5.97 Å². The maximum Gasteiger partial charge on any atom is 0.306 e. The number of methoxy groups -OCH3 is 1. The Balaban J connectivity index is 1.43. The van der Waals surface area contributed by atoms with Gasteiger partial charge in [0.05, 0.1) is 13.3 Å². The number of carbonyl (C=O) groups excluding carboxylic acids is 1. The van der Waals surface area contributed by atoms with Crippen molar-refractivity contribution in [1.82, 2.24) is 4.98 Å². The summed E-state index contributed by atoms with van der Waals surface area (Å²) in [5.41, 5.74) is 2.11. The van der Waals surface area contributed by atoms with E-state index in [2.05, 4.69) is 4.98 Å². The van der Waals surface area contributed by atoms with Crippen molar-refractivity contribution in [1.29, 1.82) is 0 Å². The number of rotatable bonds is 6. The van der Waals surface area contributed by atoms with Crippen LogP contribution in [0.5, 0.6) is 5.75 Å². The molecule has 0 aliphatic heterocycles. The number of halogens is 1. The molecular formula is C19H20ClNO3. The summed E-state index contributed by atoms with van der Waals surface area (Å²) in [6.07, 6.45) is 6.03. The largest absolute Gasteiger partial charge is 0.495 e. The highest BCUT2D eigenvalue weighted by Crippen LogP contribution is 2.41. The Hall–Kier alpha value is -2.07. The van der Waals surface area contributed by atoms with Gasteiger partial charge in [-0.25, -0.2) is 0 Å². The number of ether oxygens (including phenoxy) is 2. The zero-order valence-electron chi connectivity index (χ0n) is 13.6. The van der Waals surface area contributed by atoms with Crippen LogP contribution in [0.25, 0.3) is 0 Å². The van der Waals surface area contributed by atoms with Crippen molar-refractivity contribution < 1.29 is 14.3 Å². The first-order valence-electron chi connectivity index (χ1n) is 8.07. The quantitative estimate of drug-likeness (QED) is 0.737. The van der Waals surface area contributed by atoms with E-state index in [0.29, 0.717) is 24.5 Å². The van der Waals surface area contributed by atoms with Gasteiger partial charge in [-0.05, 0) is 48.4 Å². The van der Waals surface area contributed by atoms with Crippen molar-refractivity contribution in [3.8, 4) is 5.75 Å². The van der Waals surface area contributed by atoms with E-state index in [1.54, 1.807) is 19.5 Å². The zero-order chi connectivity index (χ0) is 16.9. The summed E-state index contributed by atoms with van der Waals surface area (Å²) < 4.78 is 10.6. The number of aryl methyl sites for hydroxylation is 1. The summed E-state index contributed by atoms with van der Waals surface area (Å²) in [7, 11) is 1.60. The van der Waals surface area contributed by atoms with Gasteiger partial charge in [0, 0.05) is 17.6 Å². The Bertz CT molecular complexity index is 713. The molecule has 1 saturated carbocycles. The molecule has 1 aliphatic carbocycles. The lowest BCUT2D eigenvalue weighted by atomic mass is 9.77. The summed E-state index contributed by atoms with van der Waals surface area (Å²) >= 11 is 6.20. The molecule has 1 aromatic heterocycles. The minimum atomic E-state index is -0.166. The first-order valence-corrected chi connectivity index (χ1v) is 8.45. The van der Waals surface area contributed by atoms with Gasteiger partial charge in [-0.2, -0.15) is 0 Å². The van der Waals surface area contributed by atoms with Crippen LogP contribution in [0.3, 0.4) is 0 Å². The Labute approximate surface area is 146 Å². The van der Waals surface area contributed by atoms with Crippen LogP contribution in [0.4, 0.5) is 0 Å². The molecule has 0 atom stereocenters. The fraction of sp³-hybridized carbons (Fsp3) is 0.368. The first kappa shape index (κ1) is 16.8. The number of hydrogen-bond donors (Lipinski definition) is 0. The van der Waals surface area contributed by atoms with Crippen molar-refractivity contribution in [2.24, 2.45) is 0 Å². The van der Waals surface area contributed by atoms with Crippen LogP contribution in [-0.2, 0) is 16.0 Å². The van der Waals surface area contributed by atoms with Crippen molar-refractivity contribution in [2.75, 3.05) is 7.11 Å². The smallest absolute Gasteiger partial charge is 0.306 e. The van der Waals surface area contributed by atoms with Crippen LogP contribution in [0.15, 0.2) is 42.7 Å². The molecule has 4 nitrogen and oxygen atoms in total. The van der Waals surface area contributed by atoms with Gasteiger partial charge in [-0.1, -0.05) is 29.8 Å². The lowest BCUT2D eigenvalue weighted by Crippen LogP contribution is -2.32. The van der Waals surface area contributed by atoms with Gasteiger partial charge in [0.1, 0.15) is 11.9 Å². The highest BCUT2D eigenvalue weighted by Gasteiger charge is 2.34. The minimum absolute atomic E-state index is 0.00204. The molecule has 0 bridgehead atoms. The number of esters is 1. The van der Waals surface area contributed by atoms with E-state index < -0.39 is 0 Å². The van der Waals surface area contributed by atoms with E-state index in [9.17, 15) is 4.79 Å². The molecule has 0 N–H and O–H groups in total. The van der Waals surface area contributed by atoms with Gasteiger partial charge in [0.25, 0.3) is 0 Å². The normalized spacial score (nSPS) is 19.4. The van der Waals surface area contributed by atoms with Gasteiger partial charge in [0.2, 0.25) is 0 Å². The second-order valence-electron chi connectivity index (χ2n) is 6.03. The Morgan fingerprint density at radius 3 is 2.83 bits per heavy atom. The summed E-state index contributed by atoms with van der Waals surface area (Å²) in [4.78, 5) is 16.1. The van der Waals surface area contributed by atoms with Crippen molar-refractivity contribution in [2.45, 2.75) is 37.7 Å². The van der Waals surface area contributed by atoms with Gasteiger partial charge in [-0.3, -0.25) is 9.78 Å². The number of benzene rings is 1. The van der Waals surface area contributed by atoms with E-state index in [-0.39, 0.29) is 12.1 Å². The number of pyridine rings is 1. The summed E-state index contributed by atoms with van der Waals surface area (Å²) in [5, 5.41) is 0.790. The molecule has 1 fully saturated rings. The third kappa shape index (κ3) is 4.06. The fourth-order valence-corrected chi connectivity index (χ4v) is 3.22. The Morgan fingerprint density at radius 2 is 2.08 bits per heavy atom. The molecule has 0 radical (unpaired) electrons.